The fourth-order valence-electron chi connectivity index (χ4n) is 2.44. The van der Waals surface area contributed by atoms with Crippen LogP contribution in [0, 0.1) is 0 Å². The number of halogens is 1. The number of thioether (sulfide) groups is 1. The molecule has 1 atom stereocenters. The lowest BCUT2D eigenvalue weighted by atomic mass is 10.0. The molecule has 0 saturated heterocycles. The summed E-state index contributed by atoms with van der Waals surface area (Å²) in [7, 11) is 1.77. The van der Waals surface area contributed by atoms with Gasteiger partial charge in [0.2, 0.25) is 0 Å². The lowest BCUT2D eigenvalue weighted by Crippen LogP contribution is -2.40. The van der Waals surface area contributed by atoms with E-state index in [1.807, 2.05) is 48.2 Å². The number of aliphatic hydroxyl groups excluding tert-OH is 1. The molecule has 0 aliphatic carbocycles. The lowest BCUT2D eigenvalue weighted by Gasteiger charge is -2.18. The topological polar surface area (TPSA) is 56.7 Å². The van der Waals surface area contributed by atoms with Crippen LogP contribution in [-0.4, -0.2) is 43.6 Å². The van der Waals surface area contributed by atoms with Crippen LogP contribution in [-0.2, 0) is 0 Å². The van der Waals surface area contributed by atoms with E-state index in [9.17, 15) is 5.11 Å². The monoisotopic (exact) mass is 485 g/mol. The van der Waals surface area contributed by atoms with E-state index in [0.29, 0.717) is 6.54 Å². The summed E-state index contributed by atoms with van der Waals surface area (Å²) in [6.07, 6.45) is 1.06. The number of nitrogens with one attached hydrogen (secondary N) is 2. The number of rotatable bonds is 9. The van der Waals surface area contributed by atoms with Gasteiger partial charge in [-0.1, -0.05) is 48.5 Å². The molecule has 0 aromatic heterocycles. The maximum absolute atomic E-state index is 9.62. The fraction of sp³-hybridized carbons (Fsp3) is 0.350. The molecule has 26 heavy (non-hydrogen) atoms. The van der Waals surface area contributed by atoms with E-state index in [4.69, 9.17) is 0 Å². The minimum Gasteiger partial charge on any atom is -0.396 e. The molecule has 0 amide bonds. The molecule has 1 unspecified atom stereocenters. The van der Waals surface area contributed by atoms with Crippen LogP contribution >= 0.6 is 35.7 Å². The van der Waals surface area contributed by atoms with Gasteiger partial charge >= 0.3 is 0 Å². The first-order chi connectivity index (χ1) is 12.3. The molecular formula is C20H28IN3OS. The minimum absolute atomic E-state index is 0. The van der Waals surface area contributed by atoms with Crippen LogP contribution in [0.2, 0.25) is 0 Å². The van der Waals surface area contributed by atoms with Gasteiger partial charge in [0.1, 0.15) is 0 Å². The second-order valence-corrected chi connectivity index (χ2v) is 6.85. The van der Waals surface area contributed by atoms with Crippen LogP contribution in [0.1, 0.15) is 17.9 Å². The molecule has 2 rings (SSSR count). The molecule has 0 fully saturated rings. The number of hydrogen-bond donors (Lipinski definition) is 3. The highest BCUT2D eigenvalue weighted by molar-refractivity contribution is 14.0. The Morgan fingerprint density at radius 3 is 2.31 bits per heavy atom. The van der Waals surface area contributed by atoms with Crippen LogP contribution in [0.5, 0.6) is 0 Å². The van der Waals surface area contributed by atoms with Gasteiger partial charge < -0.3 is 15.7 Å². The normalized spacial score (nSPS) is 12.2. The van der Waals surface area contributed by atoms with E-state index < -0.39 is 0 Å². The van der Waals surface area contributed by atoms with E-state index in [2.05, 4.69) is 39.9 Å². The van der Waals surface area contributed by atoms with Crippen LogP contribution in [0.4, 0.5) is 0 Å². The smallest absolute Gasteiger partial charge is 0.190 e. The van der Waals surface area contributed by atoms with E-state index in [1.54, 1.807) is 7.05 Å². The van der Waals surface area contributed by atoms with Gasteiger partial charge in [0.25, 0.3) is 0 Å². The average Bonchev–Trinajstić information content (AvgIpc) is 2.68. The highest BCUT2D eigenvalue weighted by Gasteiger charge is 2.10. The number of hydrogen-bond acceptors (Lipinski definition) is 3. The van der Waals surface area contributed by atoms with Gasteiger partial charge in [-0.25, -0.2) is 0 Å². The summed E-state index contributed by atoms with van der Waals surface area (Å²) in [4.78, 5) is 5.55. The highest BCUT2D eigenvalue weighted by atomic mass is 127. The summed E-state index contributed by atoms with van der Waals surface area (Å²) in [6.45, 7) is 1.63. The lowest BCUT2D eigenvalue weighted by molar-refractivity contribution is 0.265. The zero-order valence-electron chi connectivity index (χ0n) is 15.1. The Morgan fingerprint density at radius 1 is 1.04 bits per heavy atom. The Bertz CT molecular complexity index is 625. The molecule has 2 aromatic rings. The second-order valence-electron chi connectivity index (χ2n) is 5.69. The molecule has 0 radical (unpaired) electrons. The zero-order valence-corrected chi connectivity index (χ0v) is 18.2. The predicted octanol–water partition coefficient (Wildman–Crippen LogP) is 3.73. The molecule has 0 aliphatic rings. The van der Waals surface area contributed by atoms with Gasteiger partial charge in [0, 0.05) is 31.0 Å². The Labute approximate surface area is 177 Å². The van der Waals surface area contributed by atoms with Crippen molar-refractivity contribution < 1.29 is 5.11 Å². The first kappa shape index (κ1) is 22.8. The van der Waals surface area contributed by atoms with Crippen molar-refractivity contribution in [3.05, 3.63) is 66.2 Å². The van der Waals surface area contributed by atoms with Crippen LogP contribution in [0.3, 0.4) is 0 Å². The van der Waals surface area contributed by atoms with Crippen molar-refractivity contribution in [2.75, 3.05) is 32.5 Å². The molecular weight excluding hydrogens is 457 g/mol. The first-order valence-corrected chi connectivity index (χ1v) is 9.60. The number of aliphatic imine (C=N–C) groups is 1. The molecule has 142 valence electrons. The van der Waals surface area contributed by atoms with Gasteiger partial charge in [0.05, 0.1) is 6.61 Å². The standard InChI is InChI=1S/C20H27N3OS.HI/c1-21-20(22-13-8-14-25-19-11-6-3-7-12-19)23-15-18(16-24)17-9-4-2-5-10-17;/h2-7,9-12,18,24H,8,13-16H2,1H3,(H2,21,22,23);1H. The highest BCUT2D eigenvalue weighted by Crippen LogP contribution is 2.17. The number of nitrogens with zero attached hydrogens (tertiary/aromatic N) is 1. The van der Waals surface area contributed by atoms with Gasteiger partial charge in [0.15, 0.2) is 5.96 Å². The average molecular weight is 485 g/mol. The molecule has 6 heteroatoms. The van der Waals surface area contributed by atoms with Gasteiger partial charge in [-0.3, -0.25) is 4.99 Å². The third kappa shape index (κ3) is 8.42. The molecule has 0 heterocycles. The SMILES string of the molecule is CN=C(NCCCSc1ccccc1)NCC(CO)c1ccccc1.I. The third-order valence-corrected chi connectivity index (χ3v) is 4.95. The zero-order chi connectivity index (χ0) is 17.7. The summed E-state index contributed by atoms with van der Waals surface area (Å²) in [5.74, 6) is 1.91. The van der Waals surface area contributed by atoms with Gasteiger partial charge in [-0.15, -0.1) is 35.7 Å². The summed E-state index contributed by atoms with van der Waals surface area (Å²) < 4.78 is 0. The van der Waals surface area contributed by atoms with Crippen molar-refractivity contribution >= 4 is 41.7 Å². The summed E-state index contributed by atoms with van der Waals surface area (Å²) >= 11 is 1.87. The molecule has 0 saturated carbocycles. The van der Waals surface area contributed by atoms with Crippen molar-refractivity contribution in [3.63, 3.8) is 0 Å². The molecule has 0 spiro atoms. The predicted molar refractivity (Wildman–Crippen MR) is 123 cm³/mol. The molecule has 0 aliphatic heterocycles. The fourth-order valence-corrected chi connectivity index (χ4v) is 3.31. The molecule has 2 aromatic carbocycles. The molecule has 4 nitrogen and oxygen atoms in total. The largest absolute Gasteiger partial charge is 0.396 e. The van der Waals surface area contributed by atoms with E-state index in [0.717, 1.165) is 30.2 Å². The number of benzene rings is 2. The number of guanidine groups is 1. The maximum Gasteiger partial charge on any atom is 0.190 e. The molecule has 3 N–H and O–H groups in total. The molecule has 0 bridgehead atoms. The minimum atomic E-state index is 0. The van der Waals surface area contributed by atoms with Gasteiger partial charge in [-0.05, 0) is 29.9 Å². The first-order valence-electron chi connectivity index (χ1n) is 8.61. The van der Waals surface area contributed by atoms with Crippen molar-refractivity contribution in [2.45, 2.75) is 17.2 Å². The Kier molecular flexibility index (Phi) is 12.2. The van der Waals surface area contributed by atoms with E-state index in [1.165, 1.54) is 4.90 Å². The maximum atomic E-state index is 9.62. The van der Waals surface area contributed by atoms with Crippen molar-refractivity contribution in [2.24, 2.45) is 4.99 Å². The van der Waals surface area contributed by atoms with Crippen molar-refractivity contribution in [1.29, 1.82) is 0 Å². The summed E-state index contributed by atoms with van der Waals surface area (Å²) in [5.41, 5.74) is 1.13. The Hall–Kier alpha value is -1.25. The Balaban J connectivity index is 0.00000338. The van der Waals surface area contributed by atoms with E-state index >= 15 is 0 Å². The van der Waals surface area contributed by atoms with Crippen LogP contribution in [0.25, 0.3) is 0 Å². The van der Waals surface area contributed by atoms with Crippen molar-refractivity contribution in [1.82, 2.24) is 10.6 Å². The summed E-state index contributed by atoms with van der Waals surface area (Å²) in [5, 5.41) is 16.2. The van der Waals surface area contributed by atoms with Gasteiger partial charge in [-0.2, -0.15) is 0 Å². The van der Waals surface area contributed by atoms with Crippen molar-refractivity contribution in [3.8, 4) is 0 Å². The second kappa shape index (κ2) is 13.9. The summed E-state index contributed by atoms with van der Waals surface area (Å²) in [6, 6.07) is 20.5. The third-order valence-electron chi connectivity index (χ3n) is 3.86. The Morgan fingerprint density at radius 2 is 1.69 bits per heavy atom. The number of aliphatic hydroxyl groups is 1. The van der Waals surface area contributed by atoms with Crippen LogP contribution < -0.4 is 10.6 Å². The van der Waals surface area contributed by atoms with E-state index in [-0.39, 0.29) is 36.5 Å². The quantitative estimate of drug-likeness (QED) is 0.167. The van der Waals surface area contributed by atoms with Crippen LogP contribution in [0.15, 0.2) is 70.6 Å².